The first-order chi connectivity index (χ1) is 9.78. The van der Waals surface area contributed by atoms with Crippen molar-refractivity contribution in [1.29, 1.82) is 0 Å². The highest BCUT2D eigenvalue weighted by Crippen LogP contribution is 2.23. The van der Waals surface area contributed by atoms with E-state index in [-0.39, 0.29) is 6.10 Å². The van der Waals surface area contributed by atoms with Crippen LogP contribution in [0.1, 0.15) is 36.7 Å². The van der Waals surface area contributed by atoms with E-state index < -0.39 is 0 Å². The Morgan fingerprint density at radius 3 is 2.65 bits per heavy atom. The van der Waals surface area contributed by atoms with Gasteiger partial charge in [0.05, 0.1) is 0 Å². The van der Waals surface area contributed by atoms with Crippen molar-refractivity contribution < 1.29 is 9.26 Å². The van der Waals surface area contributed by atoms with Crippen LogP contribution in [0.3, 0.4) is 0 Å². The van der Waals surface area contributed by atoms with E-state index in [2.05, 4.69) is 17.1 Å². The molecule has 1 aromatic carbocycles. The Morgan fingerprint density at radius 2 is 2.05 bits per heavy atom. The molecule has 2 unspecified atom stereocenters. The molecular weight excluding hydrogens is 254 g/mol. The molecule has 0 aliphatic carbocycles. The highest BCUT2D eigenvalue weighted by atomic mass is 16.5. The molecule has 0 fully saturated rings. The summed E-state index contributed by atoms with van der Waals surface area (Å²) in [5, 5.41) is 4.03. The molecule has 2 N–H and O–H groups in total. The van der Waals surface area contributed by atoms with Gasteiger partial charge in [-0.25, -0.2) is 0 Å². The van der Waals surface area contributed by atoms with Gasteiger partial charge in [-0.2, -0.15) is 4.98 Å². The van der Waals surface area contributed by atoms with E-state index in [0.29, 0.717) is 30.6 Å². The Bertz CT molecular complexity index is 509. The largest absolute Gasteiger partial charge is 0.369 e. The average Bonchev–Trinajstić information content (AvgIpc) is 2.95. The van der Waals surface area contributed by atoms with Gasteiger partial charge in [-0.1, -0.05) is 48.8 Å². The summed E-state index contributed by atoms with van der Waals surface area (Å²) in [6.07, 6.45) is 1.41. The van der Waals surface area contributed by atoms with Crippen molar-refractivity contribution in [3.05, 3.63) is 47.6 Å². The molecule has 5 heteroatoms. The predicted molar refractivity (Wildman–Crippen MR) is 76.1 cm³/mol. The molecule has 0 bridgehead atoms. The lowest BCUT2D eigenvalue weighted by Gasteiger charge is -2.11. The molecule has 0 saturated heterocycles. The van der Waals surface area contributed by atoms with Crippen LogP contribution in [0.25, 0.3) is 0 Å². The van der Waals surface area contributed by atoms with Gasteiger partial charge < -0.3 is 15.0 Å². The first kappa shape index (κ1) is 14.7. The van der Waals surface area contributed by atoms with Crippen LogP contribution in [0.4, 0.5) is 0 Å². The molecule has 2 rings (SSSR count). The normalized spacial score (nSPS) is 14.2. The van der Waals surface area contributed by atoms with Gasteiger partial charge in [-0.05, 0) is 18.0 Å². The Labute approximate surface area is 119 Å². The predicted octanol–water partition coefficient (Wildman–Crippen LogP) is 2.33. The number of aromatic nitrogens is 2. The lowest BCUT2D eigenvalue weighted by molar-refractivity contribution is 0.126. The number of nitrogens with two attached hydrogens (primary N) is 1. The van der Waals surface area contributed by atoms with Crippen molar-refractivity contribution in [2.24, 2.45) is 11.7 Å². The van der Waals surface area contributed by atoms with Crippen LogP contribution in [0.5, 0.6) is 0 Å². The maximum absolute atomic E-state index is 5.70. The van der Waals surface area contributed by atoms with E-state index in [4.69, 9.17) is 15.0 Å². The summed E-state index contributed by atoms with van der Waals surface area (Å²) in [6, 6.07) is 9.86. The Hall–Kier alpha value is -1.72. The third-order valence-corrected chi connectivity index (χ3v) is 3.43. The van der Waals surface area contributed by atoms with Gasteiger partial charge in [0.15, 0.2) is 0 Å². The summed E-state index contributed by atoms with van der Waals surface area (Å²) in [5.74, 6) is 1.55. The maximum Gasteiger partial charge on any atom is 0.227 e. The molecule has 5 nitrogen and oxygen atoms in total. The van der Waals surface area contributed by atoms with Crippen LogP contribution < -0.4 is 5.73 Å². The zero-order valence-electron chi connectivity index (χ0n) is 12.0. The smallest absolute Gasteiger partial charge is 0.227 e. The molecule has 0 aliphatic rings. The third kappa shape index (κ3) is 3.43. The monoisotopic (exact) mass is 275 g/mol. The number of methoxy groups -OCH3 is 1. The van der Waals surface area contributed by atoms with Crippen molar-refractivity contribution in [1.82, 2.24) is 10.1 Å². The number of hydrogen-bond acceptors (Lipinski definition) is 5. The van der Waals surface area contributed by atoms with Crippen LogP contribution in [-0.2, 0) is 11.2 Å². The number of hydrogen-bond donors (Lipinski definition) is 1. The van der Waals surface area contributed by atoms with Crippen LogP contribution in [0, 0.1) is 5.92 Å². The highest BCUT2D eigenvalue weighted by molar-refractivity contribution is 5.22. The van der Waals surface area contributed by atoms with Crippen LogP contribution >= 0.6 is 0 Å². The molecule has 2 aromatic rings. The fourth-order valence-electron chi connectivity index (χ4n) is 2.12. The second-order valence-electron chi connectivity index (χ2n) is 4.79. The number of rotatable bonds is 7. The number of ether oxygens (including phenoxy) is 1. The van der Waals surface area contributed by atoms with E-state index in [1.54, 1.807) is 7.11 Å². The summed E-state index contributed by atoms with van der Waals surface area (Å²) in [7, 11) is 1.64. The Balaban J connectivity index is 2.14. The zero-order chi connectivity index (χ0) is 14.4. The molecule has 1 aromatic heterocycles. The highest BCUT2D eigenvalue weighted by Gasteiger charge is 2.20. The van der Waals surface area contributed by atoms with Gasteiger partial charge in [0.2, 0.25) is 11.7 Å². The molecular formula is C15H21N3O2. The van der Waals surface area contributed by atoms with Gasteiger partial charge in [-0.3, -0.25) is 0 Å². The molecule has 2 atom stereocenters. The number of nitrogens with zero attached hydrogens (tertiary/aromatic N) is 2. The molecule has 0 amide bonds. The van der Waals surface area contributed by atoms with Crippen LogP contribution in [-0.4, -0.2) is 23.8 Å². The number of benzene rings is 1. The summed E-state index contributed by atoms with van der Waals surface area (Å²) >= 11 is 0. The topological polar surface area (TPSA) is 74.2 Å². The molecule has 0 aliphatic heterocycles. The lowest BCUT2D eigenvalue weighted by Crippen LogP contribution is -2.16. The van der Waals surface area contributed by atoms with E-state index in [0.717, 1.165) is 12.0 Å². The fourth-order valence-corrected chi connectivity index (χ4v) is 2.12. The quantitative estimate of drug-likeness (QED) is 0.839. The van der Waals surface area contributed by atoms with E-state index in [1.807, 2.05) is 30.3 Å². The molecule has 108 valence electrons. The van der Waals surface area contributed by atoms with Gasteiger partial charge in [0, 0.05) is 13.5 Å². The molecule has 1 heterocycles. The Kier molecular flexibility index (Phi) is 5.26. The lowest BCUT2D eigenvalue weighted by atomic mass is 10.0. The van der Waals surface area contributed by atoms with Crippen molar-refractivity contribution >= 4 is 0 Å². The summed E-state index contributed by atoms with van der Waals surface area (Å²) in [6.45, 7) is 2.73. The Morgan fingerprint density at radius 1 is 1.30 bits per heavy atom. The first-order valence-electron chi connectivity index (χ1n) is 6.88. The van der Waals surface area contributed by atoms with Crippen molar-refractivity contribution in [3.63, 3.8) is 0 Å². The van der Waals surface area contributed by atoms with Crippen molar-refractivity contribution in [3.8, 4) is 0 Å². The molecule has 20 heavy (non-hydrogen) atoms. The van der Waals surface area contributed by atoms with Crippen molar-refractivity contribution in [2.45, 2.75) is 25.9 Å². The van der Waals surface area contributed by atoms with Crippen molar-refractivity contribution in [2.75, 3.05) is 13.7 Å². The van der Waals surface area contributed by atoms with Gasteiger partial charge in [0.1, 0.15) is 6.10 Å². The van der Waals surface area contributed by atoms with Gasteiger partial charge >= 0.3 is 0 Å². The van der Waals surface area contributed by atoms with E-state index >= 15 is 0 Å². The summed E-state index contributed by atoms with van der Waals surface area (Å²) in [4.78, 5) is 4.44. The minimum atomic E-state index is -0.299. The maximum atomic E-state index is 5.70. The molecule has 0 spiro atoms. The minimum absolute atomic E-state index is 0.299. The summed E-state index contributed by atoms with van der Waals surface area (Å²) < 4.78 is 10.8. The van der Waals surface area contributed by atoms with E-state index in [1.165, 1.54) is 0 Å². The average molecular weight is 275 g/mol. The summed E-state index contributed by atoms with van der Waals surface area (Å²) in [5.41, 5.74) is 6.71. The molecule has 0 radical (unpaired) electrons. The standard InChI is InChI=1S/C15H21N3O2/c1-3-11(10-16)9-13-17-15(18-20-13)14(19-2)12-7-5-4-6-8-12/h4-8,11,14H,3,9-10,16H2,1-2H3. The molecule has 0 saturated carbocycles. The second-order valence-corrected chi connectivity index (χ2v) is 4.79. The van der Waals surface area contributed by atoms with Gasteiger partial charge in [0.25, 0.3) is 0 Å². The van der Waals surface area contributed by atoms with Crippen LogP contribution in [0.15, 0.2) is 34.9 Å². The van der Waals surface area contributed by atoms with E-state index in [9.17, 15) is 0 Å². The SMILES string of the molecule is CCC(CN)Cc1nc(C(OC)c2ccccc2)no1. The minimum Gasteiger partial charge on any atom is -0.369 e. The second kappa shape index (κ2) is 7.17. The first-order valence-corrected chi connectivity index (χ1v) is 6.88. The van der Waals surface area contributed by atoms with Gasteiger partial charge in [-0.15, -0.1) is 0 Å². The fraction of sp³-hybridized carbons (Fsp3) is 0.467. The zero-order valence-corrected chi connectivity index (χ0v) is 12.0. The van der Waals surface area contributed by atoms with Crippen LogP contribution in [0.2, 0.25) is 0 Å². The third-order valence-electron chi connectivity index (χ3n) is 3.43.